The molecule has 0 amide bonds. The number of hydrogen-bond donors (Lipinski definition) is 0. The van der Waals surface area contributed by atoms with E-state index in [4.69, 9.17) is 4.42 Å². The summed E-state index contributed by atoms with van der Waals surface area (Å²) in [5.41, 5.74) is 2.13. The van der Waals surface area contributed by atoms with Gasteiger partial charge in [-0.3, -0.25) is 4.57 Å². The van der Waals surface area contributed by atoms with E-state index in [0.29, 0.717) is 12.5 Å². The summed E-state index contributed by atoms with van der Waals surface area (Å²) >= 11 is 2.90. The van der Waals surface area contributed by atoms with Crippen LogP contribution in [0.2, 0.25) is 0 Å². The molecule has 138 valence electrons. The van der Waals surface area contributed by atoms with Crippen molar-refractivity contribution in [1.29, 1.82) is 0 Å². The van der Waals surface area contributed by atoms with Gasteiger partial charge in [-0.05, 0) is 41.8 Å². The third-order valence-corrected chi connectivity index (χ3v) is 5.87. The summed E-state index contributed by atoms with van der Waals surface area (Å²) in [5.74, 6) is 2.79. The van der Waals surface area contributed by atoms with E-state index in [2.05, 4.69) is 50.1 Å². The van der Waals surface area contributed by atoms with Gasteiger partial charge in [-0.2, -0.15) is 4.37 Å². The molecule has 0 radical (unpaired) electrons. The zero-order valence-corrected chi connectivity index (χ0v) is 16.9. The molecule has 0 spiro atoms. The first kappa shape index (κ1) is 17.9. The average Bonchev–Trinajstić information content (AvgIpc) is 3.38. The van der Waals surface area contributed by atoms with Crippen LogP contribution in [0.3, 0.4) is 0 Å². The Morgan fingerprint density at radius 3 is 2.63 bits per heavy atom. The highest BCUT2D eigenvalue weighted by Crippen LogP contribution is 2.33. The summed E-state index contributed by atoms with van der Waals surface area (Å²) in [5, 5.41) is 9.67. The maximum atomic E-state index is 5.47. The second-order valence-electron chi connectivity index (χ2n) is 6.44. The van der Waals surface area contributed by atoms with Crippen molar-refractivity contribution >= 4 is 23.3 Å². The number of benzene rings is 1. The molecule has 0 unspecified atom stereocenters. The van der Waals surface area contributed by atoms with E-state index in [1.54, 1.807) is 6.26 Å². The summed E-state index contributed by atoms with van der Waals surface area (Å²) in [4.78, 5) is 4.61. The van der Waals surface area contributed by atoms with Crippen LogP contribution in [-0.2, 0) is 6.54 Å². The van der Waals surface area contributed by atoms with Crippen LogP contribution in [0.4, 0.5) is 0 Å². The molecule has 3 aromatic heterocycles. The van der Waals surface area contributed by atoms with Crippen molar-refractivity contribution in [2.45, 2.75) is 42.7 Å². The molecule has 0 bridgehead atoms. The zero-order valence-electron chi connectivity index (χ0n) is 15.3. The fourth-order valence-electron chi connectivity index (χ4n) is 2.66. The molecule has 0 aliphatic carbocycles. The van der Waals surface area contributed by atoms with Crippen LogP contribution in [-0.4, -0.2) is 24.1 Å². The summed E-state index contributed by atoms with van der Waals surface area (Å²) < 4.78 is 12.9. The summed E-state index contributed by atoms with van der Waals surface area (Å²) in [6.45, 7) is 6.79. The first-order valence-corrected chi connectivity index (χ1v) is 10.2. The predicted octanol–water partition coefficient (Wildman–Crippen LogP) is 5.02. The molecule has 0 N–H and O–H groups in total. The molecule has 1 aromatic carbocycles. The maximum Gasteiger partial charge on any atom is 0.198 e. The van der Waals surface area contributed by atoms with E-state index in [1.807, 2.05) is 31.2 Å². The molecule has 6 nitrogen and oxygen atoms in total. The van der Waals surface area contributed by atoms with Gasteiger partial charge in [-0.1, -0.05) is 44.2 Å². The van der Waals surface area contributed by atoms with Gasteiger partial charge in [-0.25, -0.2) is 4.98 Å². The van der Waals surface area contributed by atoms with Gasteiger partial charge in [0.05, 0.1) is 18.4 Å². The lowest BCUT2D eigenvalue weighted by molar-refractivity contribution is 0.534. The molecular formula is C19H19N5OS2. The minimum Gasteiger partial charge on any atom is -0.469 e. The number of furan rings is 1. The van der Waals surface area contributed by atoms with Crippen LogP contribution in [0.25, 0.3) is 11.4 Å². The van der Waals surface area contributed by atoms with Crippen molar-refractivity contribution in [3.63, 3.8) is 0 Å². The summed E-state index contributed by atoms with van der Waals surface area (Å²) in [6, 6.07) is 12.2. The Morgan fingerprint density at radius 1 is 1.15 bits per heavy atom. The minimum absolute atomic E-state index is 0.307. The number of aromatic nitrogens is 5. The lowest BCUT2D eigenvalue weighted by Gasteiger charge is -2.09. The molecule has 0 aliphatic rings. The van der Waals surface area contributed by atoms with Crippen molar-refractivity contribution in [3.05, 3.63) is 59.8 Å². The van der Waals surface area contributed by atoms with Crippen molar-refractivity contribution in [2.75, 3.05) is 0 Å². The molecule has 4 rings (SSSR count). The fraction of sp³-hybridized carbons (Fsp3) is 0.263. The molecule has 8 heteroatoms. The highest BCUT2D eigenvalue weighted by Gasteiger charge is 2.20. The molecule has 0 atom stereocenters. The van der Waals surface area contributed by atoms with Gasteiger partial charge < -0.3 is 4.42 Å². The van der Waals surface area contributed by atoms with Crippen LogP contribution >= 0.6 is 23.3 Å². The Bertz CT molecular complexity index is 1040. The zero-order chi connectivity index (χ0) is 18.8. The van der Waals surface area contributed by atoms with E-state index >= 15 is 0 Å². The van der Waals surface area contributed by atoms with Gasteiger partial charge in [0.25, 0.3) is 0 Å². The Labute approximate surface area is 165 Å². The second-order valence-corrected chi connectivity index (χ2v) is 8.41. The molecule has 0 saturated carbocycles. The number of hydrogen-bond acceptors (Lipinski definition) is 7. The van der Waals surface area contributed by atoms with Gasteiger partial charge in [-0.15, -0.1) is 10.2 Å². The monoisotopic (exact) mass is 397 g/mol. The fourth-order valence-corrected chi connectivity index (χ4v) is 4.34. The number of rotatable bonds is 6. The van der Waals surface area contributed by atoms with Gasteiger partial charge in [0.1, 0.15) is 11.6 Å². The Kier molecular flexibility index (Phi) is 5.09. The third-order valence-electron chi connectivity index (χ3n) is 4.12. The second kappa shape index (κ2) is 7.66. The van der Waals surface area contributed by atoms with Crippen LogP contribution < -0.4 is 0 Å². The molecule has 27 heavy (non-hydrogen) atoms. The standard InChI is InChI=1S/C19H19N5OS2/c1-12(2)16-20-19(27-23-16)26-18-22-21-17(15-9-10-25-13(15)3)24(18)11-14-7-5-4-6-8-14/h4-10,12H,11H2,1-3H3. The number of nitrogens with zero attached hydrogens (tertiary/aromatic N) is 5. The van der Waals surface area contributed by atoms with Crippen LogP contribution in [0.1, 0.15) is 36.9 Å². The lowest BCUT2D eigenvalue weighted by atomic mass is 10.2. The van der Waals surface area contributed by atoms with Crippen molar-refractivity contribution < 1.29 is 4.42 Å². The Hall–Kier alpha value is -2.45. The molecule has 0 aliphatic heterocycles. The number of aryl methyl sites for hydroxylation is 1. The molecule has 0 fully saturated rings. The Morgan fingerprint density at radius 2 is 1.96 bits per heavy atom. The molecule has 4 aromatic rings. The van der Waals surface area contributed by atoms with Crippen molar-refractivity contribution in [2.24, 2.45) is 0 Å². The molecular weight excluding hydrogens is 378 g/mol. The van der Waals surface area contributed by atoms with E-state index in [0.717, 1.165) is 32.5 Å². The normalized spacial score (nSPS) is 11.4. The summed E-state index contributed by atoms with van der Waals surface area (Å²) in [6.07, 6.45) is 1.68. The van der Waals surface area contributed by atoms with E-state index < -0.39 is 0 Å². The summed E-state index contributed by atoms with van der Waals surface area (Å²) in [7, 11) is 0. The van der Waals surface area contributed by atoms with Gasteiger partial charge in [0.2, 0.25) is 0 Å². The minimum atomic E-state index is 0.307. The van der Waals surface area contributed by atoms with Gasteiger partial charge in [0, 0.05) is 5.92 Å². The third kappa shape index (κ3) is 3.81. The van der Waals surface area contributed by atoms with Gasteiger partial charge in [0.15, 0.2) is 15.3 Å². The average molecular weight is 398 g/mol. The highest BCUT2D eigenvalue weighted by molar-refractivity contribution is 8.00. The lowest BCUT2D eigenvalue weighted by Crippen LogP contribution is -2.04. The Balaban J connectivity index is 1.72. The van der Waals surface area contributed by atoms with Crippen LogP contribution in [0.15, 0.2) is 56.6 Å². The van der Waals surface area contributed by atoms with Crippen molar-refractivity contribution in [1.82, 2.24) is 24.1 Å². The topological polar surface area (TPSA) is 69.6 Å². The SMILES string of the molecule is Cc1occc1-c1nnc(Sc2nc(C(C)C)ns2)n1Cc1ccccc1. The predicted molar refractivity (Wildman–Crippen MR) is 106 cm³/mol. The quantitative estimate of drug-likeness (QED) is 0.455. The van der Waals surface area contributed by atoms with Crippen molar-refractivity contribution in [3.8, 4) is 11.4 Å². The smallest absolute Gasteiger partial charge is 0.198 e. The highest BCUT2D eigenvalue weighted by atomic mass is 32.2. The molecule has 3 heterocycles. The molecule has 0 saturated heterocycles. The van der Waals surface area contributed by atoms with E-state index in [1.165, 1.54) is 28.9 Å². The van der Waals surface area contributed by atoms with Gasteiger partial charge >= 0.3 is 0 Å². The largest absolute Gasteiger partial charge is 0.469 e. The first-order valence-electron chi connectivity index (χ1n) is 8.65. The maximum absolute atomic E-state index is 5.47. The first-order chi connectivity index (χ1) is 13.1. The van der Waals surface area contributed by atoms with E-state index in [9.17, 15) is 0 Å². The van der Waals surface area contributed by atoms with Crippen LogP contribution in [0, 0.1) is 6.92 Å². The van der Waals surface area contributed by atoms with Crippen LogP contribution in [0.5, 0.6) is 0 Å². The van der Waals surface area contributed by atoms with E-state index in [-0.39, 0.29) is 0 Å².